The van der Waals surface area contributed by atoms with Crippen molar-refractivity contribution >= 4 is 27.4 Å². The first-order chi connectivity index (χ1) is 15.9. The highest BCUT2D eigenvalue weighted by Crippen LogP contribution is 2.36. The van der Waals surface area contributed by atoms with Crippen LogP contribution in [0.2, 0.25) is 0 Å². The van der Waals surface area contributed by atoms with Gasteiger partial charge in [-0.15, -0.1) is 21.5 Å². The van der Waals surface area contributed by atoms with E-state index in [1.165, 1.54) is 4.88 Å². The molecule has 0 saturated carbocycles. The monoisotopic (exact) mass is 475 g/mol. The summed E-state index contributed by atoms with van der Waals surface area (Å²) in [5.41, 5.74) is 0.881. The lowest BCUT2D eigenvalue weighted by molar-refractivity contribution is -0.147. The highest BCUT2D eigenvalue weighted by molar-refractivity contribution is 7.18. The molecule has 5 heterocycles. The van der Waals surface area contributed by atoms with Crippen molar-refractivity contribution in [3.8, 4) is 6.01 Å². The third kappa shape index (κ3) is 4.34. The number of ether oxygens (including phenoxy) is 1. The van der Waals surface area contributed by atoms with E-state index in [1.807, 2.05) is 17.0 Å². The fourth-order valence-corrected chi connectivity index (χ4v) is 4.91. The van der Waals surface area contributed by atoms with Gasteiger partial charge in [0.25, 0.3) is 0 Å². The molecule has 33 heavy (non-hydrogen) atoms. The Bertz CT molecular complexity index is 1270. The van der Waals surface area contributed by atoms with Crippen LogP contribution < -0.4 is 9.64 Å². The maximum atomic E-state index is 13.2. The number of rotatable bonds is 6. The quantitative estimate of drug-likeness (QED) is 0.412. The summed E-state index contributed by atoms with van der Waals surface area (Å²) in [7, 11) is 0. The van der Waals surface area contributed by atoms with Gasteiger partial charge in [-0.05, 0) is 18.6 Å². The van der Waals surface area contributed by atoms with Crippen molar-refractivity contribution in [1.82, 2.24) is 29.7 Å². The third-order valence-electron chi connectivity index (χ3n) is 5.30. The number of alkyl halides is 3. The van der Waals surface area contributed by atoms with E-state index in [0.29, 0.717) is 12.4 Å². The van der Waals surface area contributed by atoms with Crippen molar-refractivity contribution in [2.75, 3.05) is 11.4 Å². The van der Waals surface area contributed by atoms with Gasteiger partial charge in [-0.2, -0.15) is 23.1 Å². The van der Waals surface area contributed by atoms with E-state index in [2.05, 4.69) is 38.1 Å². The second kappa shape index (κ2) is 8.58. The maximum absolute atomic E-state index is 13.2. The number of halogens is 3. The fourth-order valence-electron chi connectivity index (χ4n) is 3.79. The molecule has 0 fully saturated rings. The minimum Gasteiger partial charge on any atom is -0.458 e. The minimum absolute atomic E-state index is 0.112. The van der Waals surface area contributed by atoms with Crippen LogP contribution in [0.25, 0.3) is 10.2 Å². The van der Waals surface area contributed by atoms with Crippen LogP contribution >= 0.6 is 11.3 Å². The molecule has 0 saturated heterocycles. The molecule has 0 amide bonds. The predicted octanol–water partition coefficient (Wildman–Crippen LogP) is 4.25. The zero-order chi connectivity index (χ0) is 23.0. The van der Waals surface area contributed by atoms with Crippen LogP contribution in [0.1, 0.15) is 35.4 Å². The first-order valence-corrected chi connectivity index (χ1v) is 11.3. The van der Waals surface area contributed by atoms with Gasteiger partial charge in [-0.1, -0.05) is 19.4 Å². The average molecular weight is 476 g/mol. The van der Waals surface area contributed by atoms with E-state index in [1.54, 1.807) is 23.7 Å². The molecule has 0 N–H and O–H groups in total. The van der Waals surface area contributed by atoms with Gasteiger partial charge in [0.15, 0.2) is 5.82 Å². The van der Waals surface area contributed by atoms with Crippen molar-refractivity contribution < 1.29 is 17.9 Å². The summed E-state index contributed by atoms with van der Waals surface area (Å²) in [5, 5.41) is 8.02. The van der Waals surface area contributed by atoms with Crippen LogP contribution in [-0.4, -0.2) is 36.3 Å². The van der Waals surface area contributed by atoms with E-state index in [9.17, 15) is 13.2 Å². The summed E-state index contributed by atoms with van der Waals surface area (Å²) >= 11 is 1.58. The van der Waals surface area contributed by atoms with Gasteiger partial charge in [0.2, 0.25) is 5.82 Å². The van der Waals surface area contributed by atoms with Crippen LogP contribution in [-0.2, 0) is 32.3 Å². The number of nitrogens with zero attached hydrogens (tertiary/aromatic N) is 7. The Kier molecular flexibility index (Phi) is 5.60. The molecule has 4 aromatic heterocycles. The summed E-state index contributed by atoms with van der Waals surface area (Å²) in [6.07, 6.45) is 0.762. The Morgan fingerprint density at radius 1 is 1.18 bits per heavy atom. The zero-order valence-electron chi connectivity index (χ0n) is 17.7. The molecule has 0 aromatic carbocycles. The molecule has 0 atom stereocenters. The lowest BCUT2D eigenvalue weighted by Gasteiger charge is -2.29. The SMILES string of the molecule is CCCc1cc2c(N3CCn4c(nnc4C(F)(F)F)C3)nc(OCc3cccnc3)nc2s1. The molecule has 0 unspecified atom stereocenters. The molecule has 1 aliphatic heterocycles. The molecule has 4 aromatic rings. The number of pyridine rings is 1. The highest BCUT2D eigenvalue weighted by atomic mass is 32.1. The number of fused-ring (bicyclic) bond motifs is 2. The number of aromatic nitrogens is 6. The zero-order valence-corrected chi connectivity index (χ0v) is 18.5. The number of hydrogen-bond donors (Lipinski definition) is 0. The number of thiophene rings is 1. The molecule has 12 heteroatoms. The summed E-state index contributed by atoms with van der Waals surface area (Å²) in [4.78, 5) is 17.2. The number of anilines is 1. The predicted molar refractivity (Wildman–Crippen MR) is 116 cm³/mol. The Labute approximate surface area is 191 Å². The second-order valence-corrected chi connectivity index (χ2v) is 8.79. The smallest absolute Gasteiger partial charge is 0.451 e. The largest absolute Gasteiger partial charge is 0.458 e. The summed E-state index contributed by atoms with van der Waals surface area (Å²) in [6.45, 7) is 2.97. The van der Waals surface area contributed by atoms with Crippen LogP contribution in [0.3, 0.4) is 0 Å². The molecule has 5 rings (SSSR count). The molecule has 0 bridgehead atoms. The molecule has 0 spiro atoms. The van der Waals surface area contributed by atoms with Crippen LogP contribution in [0.4, 0.5) is 19.0 Å². The van der Waals surface area contributed by atoms with Gasteiger partial charge >= 0.3 is 12.2 Å². The lowest BCUT2D eigenvalue weighted by atomic mass is 10.2. The van der Waals surface area contributed by atoms with Gasteiger partial charge in [0.1, 0.15) is 17.3 Å². The van der Waals surface area contributed by atoms with Crippen molar-refractivity contribution in [2.45, 2.75) is 45.6 Å². The van der Waals surface area contributed by atoms with Crippen LogP contribution in [0.15, 0.2) is 30.6 Å². The minimum atomic E-state index is -4.54. The van der Waals surface area contributed by atoms with E-state index in [0.717, 1.165) is 33.2 Å². The summed E-state index contributed by atoms with van der Waals surface area (Å²) in [6, 6.07) is 6.00. The Hall–Kier alpha value is -3.28. The topological polar surface area (TPSA) is 81.9 Å². The first kappa shape index (κ1) is 21.6. The molecule has 0 aliphatic carbocycles. The normalized spacial score (nSPS) is 14.0. The molecule has 0 radical (unpaired) electrons. The van der Waals surface area contributed by atoms with Gasteiger partial charge in [-0.25, -0.2) is 0 Å². The van der Waals surface area contributed by atoms with E-state index in [-0.39, 0.29) is 31.5 Å². The standard InChI is InChI=1S/C21H20F3N7OS/c1-2-4-14-9-15-17(30-7-8-31-16(11-30)28-29-19(31)21(22,23)24)26-20(27-18(15)33-14)32-12-13-5-3-6-25-10-13/h3,5-6,9-10H,2,4,7-8,11-12H2,1H3. The third-order valence-corrected chi connectivity index (χ3v) is 6.39. The van der Waals surface area contributed by atoms with Crippen LogP contribution in [0, 0.1) is 0 Å². The Balaban J connectivity index is 1.48. The Morgan fingerprint density at radius 2 is 2.06 bits per heavy atom. The van der Waals surface area contributed by atoms with Gasteiger partial charge in [-0.3, -0.25) is 4.98 Å². The summed E-state index contributed by atoms with van der Waals surface area (Å²) < 4.78 is 46.6. The fraction of sp³-hybridized carbons (Fsp3) is 0.381. The average Bonchev–Trinajstić information content (AvgIpc) is 3.41. The van der Waals surface area contributed by atoms with Crippen molar-refractivity contribution in [3.63, 3.8) is 0 Å². The van der Waals surface area contributed by atoms with Crippen molar-refractivity contribution in [3.05, 3.63) is 52.7 Å². The van der Waals surface area contributed by atoms with Crippen molar-refractivity contribution in [2.24, 2.45) is 0 Å². The molecule has 8 nitrogen and oxygen atoms in total. The molecule has 1 aliphatic rings. The molecular formula is C21H20F3N7OS. The van der Waals surface area contributed by atoms with Crippen LogP contribution in [0.5, 0.6) is 6.01 Å². The van der Waals surface area contributed by atoms with Crippen molar-refractivity contribution in [1.29, 1.82) is 0 Å². The Morgan fingerprint density at radius 3 is 2.82 bits per heavy atom. The lowest BCUT2D eigenvalue weighted by Crippen LogP contribution is -2.36. The highest BCUT2D eigenvalue weighted by Gasteiger charge is 2.39. The maximum Gasteiger partial charge on any atom is 0.451 e. The van der Waals surface area contributed by atoms with Gasteiger partial charge in [0.05, 0.1) is 11.9 Å². The van der Waals surface area contributed by atoms with Gasteiger partial charge < -0.3 is 14.2 Å². The summed E-state index contributed by atoms with van der Waals surface area (Å²) in [5.74, 6) is -0.0870. The number of aryl methyl sites for hydroxylation is 1. The number of hydrogen-bond acceptors (Lipinski definition) is 8. The molecular weight excluding hydrogens is 455 g/mol. The van der Waals surface area contributed by atoms with E-state index >= 15 is 0 Å². The molecule has 172 valence electrons. The van der Waals surface area contributed by atoms with Gasteiger partial charge in [0, 0.05) is 35.9 Å². The van der Waals surface area contributed by atoms with E-state index in [4.69, 9.17) is 4.74 Å². The first-order valence-electron chi connectivity index (χ1n) is 10.5. The van der Waals surface area contributed by atoms with E-state index < -0.39 is 12.0 Å². The second-order valence-electron chi connectivity index (χ2n) is 7.67.